The molecule has 4 amide bonds. The van der Waals surface area contributed by atoms with Crippen LogP contribution in [-0.2, 0) is 9.53 Å². The van der Waals surface area contributed by atoms with E-state index in [2.05, 4.69) is 4.74 Å². The molecule has 1 saturated heterocycles. The highest BCUT2D eigenvalue weighted by Crippen LogP contribution is 2.28. The molecule has 3 rings (SSSR count). The van der Waals surface area contributed by atoms with Gasteiger partial charge in [0.1, 0.15) is 0 Å². The molecule has 6 nitrogen and oxygen atoms in total. The van der Waals surface area contributed by atoms with E-state index in [-0.39, 0.29) is 19.0 Å². The van der Waals surface area contributed by atoms with Crippen LogP contribution in [0.5, 0.6) is 0 Å². The minimum absolute atomic E-state index is 0.132. The average molecular weight is 338 g/mol. The predicted octanol–water partition coefficient (Wildman–Crippen LogP) is 2.85. The first-order valence-corrected chi connectivity index (χ1v) is 7.94. The maximum atomic E-state index is 13.1. The Morgan fingerprint density at radius 1 is 0.880 bits per heavy atom. The molecule has 0 spiro atoms. The maximum Gasteiger partial charge on any atom is 0.417 e. The molecule has 128 valence electrons. The van der Waals surface area contributed by atoms with E-state index in [1.807, 2.05) is 60.7 Å². The number of imide groups is 2. The van der Waals surface area contributed by atoms with Crippen molar-refractivity contribution in [3.05, 3.63) is 71.8 Å². The fourth-order valence-electron chi connectivity index (χ4n) is 2.95. The van der Waals surface area contributed by atoms with Crippen LogP contribution in [0.2, 0.25) is 0 Å². The van der Waals surface area contributed by atoms with Crippen LogP contribution in [0.4, 0.5) is 9.59 Å². The number of ether oxygens (including phenoxy) is 1. The van der Waals surface area contributed by atoms with Gasteiger partial charge in [-0.15, -0.1) is 0 Å². The second kappa shape index (κ2) is 7.17. The number of amides is 4. The Morgan fingerprint density at radius 3 is 1.84 bits per heavy atom. The Labute approximate surface area is 145 Å². The van der Waals surface area contributed by atoms with Gasteiger partial charge in [0.05, 0.1) is 19.6 Å². The number of nitrogens with zero attached hydrogens (tertiary/aromatic N) is 2. The van der Waals surface area contributed by atoms with Crippen molar-refractivity contribution >= 4 is 18.0 Å². The van der Waals surface area contributed by atoms with Crippen molar-refractivity contribution < 1.29 is 19.1 Å². The molecule has 0 aromatic heterocycles. The summed E-state index contributed by atoms with van der Waals surface area (Å²) in [7, 11) is 1.21. The third-order valence-corrected chi connectivity index (χ3v) is 4.18. The predicted molar refractivity (Wildman–Crippen MR) is 90.9 cm³/mol. The van der Waals surface area contributed by atoms with Gasteiger partial charge in [-0.1, -0.05) is 60.7 Å². The molecular weight excluding hydrogens is 320 g/mol. The number of carbonyl (C=O) groups is 3. The van der Waals surface area contributed by atoms with Gasteiger partial charge in [0.15, 0.2) is 0 Å². The molecule has 1 heterocycles. The third-order valence-electron chi connectivity index (χ3n) is 4.18. The number of methoxy groups -OCH3 is 1. The molecule has 2 aromatic carbocycles. The van der Waals surface area contributed by atoms with Gasteiger partial charge in [0.25, 0.3) is 0 Å². The molecule has 1 aliphatic rings. The summed E-state index contributed by atoms with van der Waals surface area (Å²) in [4.78, 5) is 39.3. The molecule has 0 unspecified atom stereocenters. The van der Waals surface area contributed by atoms with E-state index in [9.17, 15) is 14.4 Å². The van der Waals surface area contributed by atoms with Gasteiger partial charge < -0.3 is 4.74 Å². The first-order chi connectivity index (χ1) is 12.1. The van der Waals surface area contributed by atoms with E-state index >= 15 is 0 Å². The Hall–Kier alpha value is -3.15. The number of carbonyl (C=O) groups excluding carboxylic acids is 3. The number of hydrogen-bond acceptors (Lipinski definition) is 4. The van der Waals surface area contributed by atoms with Crippen LogP contribution in [0.15, 0.2) is 60.7 Å². The van der Waals surface area contributed by atoms with Crippen LogP contribution in [0.25, 0.3) is 0 Å². The number of benzene rings is 2. The molecule has 25 heavy (non-hydrogen) atoms. The normalized spacial score (nSPS) is 14.1. The van der Waals surface area contributed by atoms with Gasteiger partial charge in [-0.05, 0) is 11.1 Å². The first kappa shape index (κ1) is 16.7. The second-order valence-corrected chi connectivity index (χ2v) is 5.65. The van der Waals surface area contributed by atoms with Gasteiger partial charge in [0.2, 0.25) is 5.91 Å². The SMILES string of the molecule is COC(=O)N1CCN(C(=O)C(c2ccccc2)c2ccccc2)C1=O. The molecule has 0 saturated carbocycles. The van der Waals surface area contributed by atoms with Crippen molar-refractivity contribution in [2.45, 2.75) is 5.92 Å². The van der Waals surface area contributed by atoms with Gasteiger partial charge in [-0.25, -0.2) is 14.5 Å². The van der Waals surface area contributed by atoms with E-state index < -0.39 is 18.0 Å². The Kier molecular flexibility index (Phi) is 4.79. The fraction of sp³-hybridized carbons (Fsp3) is 0.211. The zero-order chi connectivity index (χ0) is 17.8. The van der Waals surface area contributed by atoms with Crippen LogP contribution >= 0.6 is 0 Å². The summed E-state index contributed by atoms with van der Waals surface area (Å²) in [5.74, 6) is -0.960. The zero-order valence-corrected chi connectivity index (χ0v) is 13.8. The van der Waals surface area contributed by atoms with E-state index in [0.717, 1.165) is 20.9 Å². The van der Waals surface area contributed by atoms with Crippen molar-refractivity contribution in [3.63, 3.8) is 0 Å². The van der Waals surface area contributed by atoms with E-state index in [1.54, 1.807) is 0 Å². The molecule has 2 aromatic rings. The molecule has 0 atom stereocenters. The standard InChI is InChI=1S/C19H18N2O4/c1-25-19(24)21-13-12-20(18(21)23)17(22)16(14-8-4-2-5-9-14)15-10-6-3-7-11-15/h2-11,16H,12-13H2,1H3. The van der Waals surface area contributed by atoms with E-state index in [0.29, 0.717) is 0 Å². The maximum absolute atomic E-state index is 13.1. The van der Waals surface area contributed by atoms with E-state index in [4.69, 9.17) is 0 Å². The molecular formula is C19H18N2O4. The van der Waals surface area contributed by atoms with Gasteiger partial charge in [0, 0.05) is 6.54 Å². The highest BCUT2D eigenvalue weighted by Gasteiger charge is 2.40. The minimum Gasteiger partial charge on any atom is -0.452 e. The van der Waals surface area contributed by atoms with Crippen LogP contribution in [-0.4, -0.2) is 48.0 Å². The summed E-state index contributed by atoms with van der Waals surface area (Å²) in [6.07, 6.45) is -0.753. The van der Waals surface area contributed by atoms with Crippen molar-refractivity contribution in [3.8, 4) is 0 Å². The summed E-state index contributed by atoms with van der Waals surface area (Å²) in [5, 5.41) is 0. The lowest BCUT2D eigenvalue weighted by atomic mass is 9.90. The summed E-state index contributed by atoms with van der Waals surface area (Å²) >= 11 is 0. The Balaban J connectivity index is 1.93. The topological polar surface area (TPSA) is 66.9 Å². The van der Waals surface area contributed by atoms with E-state index in [1.165, 1.54) is 7.11 Å². The molecule has 1 fully saturated rings. The quantitative estimate of drug-likeness (QED) is 0.863. The zero-order valence-electron chi connectivity index (χ0n) is 13.8. The summed E-state index contributed by atoms with van der Waals surface area (Å²) in [6, 6.07) is 17.9. The number of rotatable bonds is 3. The lowest BCUT2D eigenvalue weighted by Gasteiger charge is -2.22. The largest absolute Gasteiger partial charge is 0.452 e. The molecule has 6 heteroatoms. The lowest BCUT2D eigenvalue weighted by molar-refractivity contribution is -0.128. The molecule has 0 radical (unpaired) electrons. The van der Waals surface area contributed by atoms with Crippen LogP contribution in [0, 0.1) is 0 Å². The molecule has 0 bridgehead atoms. The fourth-order valence-corrected chi connectivity index (χ4v) is 2.95. The first-order valence-electron chi connectivity index (χ1n) is 7.94. The minimum atomic E-state index is -0.753. The van der Waals surface area contributed by atoms with Crippen LogP contribution < -0.4 is 0 Å². The average Bonchev–Trinajstić information content (AvgIpc) is 3.04. The van der Waals surface area contributed by atoms with Crippen LogP contribution in [0.3, 0.4) is 0 Å². The summed E-state index contributed by atoms with van der Waals surface area (Å²) in [5.41, 5.74) is 1.59. The number of urea groups is 1. The van der Waals surface area contributed by atoms with Crippen LogP contribution in [0.1, 0.15) is 17.0 Å². The van der Waals surface area contributed by atoms with Crippen molar-refractivity contribution in [2.24, 2.45) is 0 Å². The van der Waals surface area contributed by atoms with Crippen molar-refractivity contribution in [2.75, 3.05) is 20.2 Å². The molecule has 0 N–H and O–H groups in total. The Morgan fingerprint density at radius 2 is 1.36 bits per heavy atom. The highest BCUT2D eigenvalue weighted by atomic mass is 16.5. The summed E-state index contributed by atoms with van der Waals surface area (Å²) in [6.45, 7) is 0.288. The summed E-state index contributed by atoms with van der Waals surface area (Å²) < 4.78 is 4.59. The third kappa shape index (κ3) is 3.24. The van der Waals surface area contributed by atoms with Gasteiger partial charge >= 0.3 is 12.1 Å². The smallest absolute Gasteiger partial charge is 0.417 e. The van der Waals surface area contributed by atoms with Crippen molar-refractivity contribution in [1.82, 2.24) is 9.80 Å². The second-order valence-electron chi connectivity index (χ2n) is 5.65. The molecule has 1 aliphatic heterocycles. The molecule has 0 aliphatic carbocycles. The Bertz CT molecular complexity index is 737. The lowest BCUT2D eigenvalue weighted by Crippen LogP contribution is -2.41. The van der Waals surface area contributed by atoms with Gasteiger partial charge in [-0.3, -0.25) is 9.69 Å². The number of hydrogen-bond donors (Lipinski definition) is 0. The highest BCUT2D eigenvalue weighted by molar-refractivity contribution is 6.05. The van der Waals surface area contributed by atoms with Crippen molar-refractivity contribution in [1.29, 1.82) is 0 Å². The monoisotopic (exact) mass is 338 g/mol. The van der Waals surface area contributed by atoms with Gasteiger partial charge in [-0.2, -0.15) is 0 Å².